The lowest BCUT2D eigenvalue weighted by Crippen LogP contribution is -2.06. The average Bonchev–Trinajstić information content (AvgIpc) is 2.67. The predicted octanol–water partition coefficient (Wildman–Crippen LogP) is 3.25. The van der Waals surface area contributed by atoms with Gasteiger partial charge in [0.2, 0.25) is 0 Å². The number of alkyl halides is 3. The zero-order chi connectivity index (χ0) is 13.3. The minimum Gasteiger partial charge on any atom is -0.396 e. The average molecular weight is 261 g/mol. The van der Waals surface area contributed by atoms with E-state index < -0.39 is 17.6 Å². The molecule has 0 bridgehead atoms. The van der Waals surface area contributed by atoms with Gasteiger partial charge in [0, 0.05) is 18.2 Å². The fourth-order valence-electron chi connectivity index (χ4n) is 1.95. The maximum atomic E-state index is 13.2. The zero-order valence-electron chi connectivity index (χ0n) is 9.31. The van der Waals surface area contributed by atoms with E-state index in [9.17, 15) is 17.6 Å². The normalized spacial score (nSPS) is 12.3. The molecular weight excluding hydrogens is 250 g/mol. The fraction of sp³-hybridized carbons (Fsp3) is 0.333. The van der Waals surface area contributed by atoms with Crippen LogP contribution in [0, 0.1) is 5.82 Å². The van der Waals surface area contributed by atoms with E-state index in [0.29, 0.717) is 24.5 Å². The van der Waals surface area contributed by atoms with E-state index in [2.05, 4.69) is 4.98 Å². The quantitative estimate of drug-likeness (QED) is 0.817. The summed E-state index contributed by atoms with van der Waals surface area (Å²) in [7, 11) is 0. The molecule has 0 atom stereocenters. The van der Waals surface area contributed by atoms with Crippen LogP contribution >= 0.6 is 0 Å². The van der Waals surface area contributed by atoms with E-state index in [4.69, 9.17) is 5.11 Å². The van der Waals surface area contributed by atoms with Gasteiger partial charge in [0.15, 0.2) is 0 Å². The molecule has 2 N–H and O–H groups in total. The summed E-state index contributed by atoms with van der Waals surface area (Å²) in [6.07, 6.45) is -2.35. The van der Waals surface area contributed by atoms with Gasteiger partial charge in [-0.3, -0.25) is 0 Å². The van der Waals surface area contributed by atoms with Crippen LogP contribution in [0.5, 0.6) is 0 Å². The monoisotopic (exact) mass is 261 g/mol. The van der Waals surface area contributed by atoms with Crippen molar-refractivity contribution < 1.29 is 22.7 Å². The van der Waals surface area contributed by atoms with Gasteiger partial charge < -0.3 is 10.1 Å². The molecule has 0 radical (unpaired) electrons. The highest BCUT2D eigenvalue weighted by molar-refractivity contribution is 5.86. The number of aliphatic hydroxyl groups is 1. The van der Waals surface area contributed by atoms with Gasteiger partial charge in [0.1, 0.15) is 5.82 Å². The molecule has 1 aromatic carbocycles. The summed E-state index contributed by atoms with van der Waals surface area (Å²) in [4.78, 5) is 2.53. The van der Waals surface area contributed by atoms with Crippen LogP contribution < -0.4 is 0 Å². The number of benzene rings is 1. The Morgan fingerprint density at radius 1 is 1.22 bits per heavy atom. The van der Waals surface area contributed by atoms with Crippen LogP contribution in [0.15, 0.2) is 18.3 Å². The summed E-state index contributed by atoms with van der Waals surface area (Å²) < 4.78 is 51.4. The Labute approximate surface area is 100 Å². The molecule has 1 heterocycles. The summed E-state index contributed by atoms with van der Waals surface area (Å²) >= 11 is 0. The highest BCUT2D eigenvalue weighted by Gasteiger charge is 2.34. The van der Waals surface area contributed by atoms with Crippen molar-refractivity contribution in [2.75, 3.05) is 6.61 Å². The molecule has 0 aliphatic carbocycles. The second-order valence-electron chi connectivity index (χ2n) is 4.01. The molecule has 0 unspecified atom stereocenters. The van der Waals surface area contributed by atoms with Gasteiger partial charge in [0.05, 0.1) is 11.1 Å². The molecule has 98 valence electrons. The van der Waals surface area contributed by atoms with E-state index in [0.717, 1.165) is 6.07 Å². The van der Waals surface area contributed by atoms with Gasteiger partial charge in [0.25, 0.3) is 0 Å². The molecule has 0 aliphatic heterocycles. The van der Waals surface area contributed by atoms with Crippen molar-refractivity contribution in [2.45, 2.75) is 19.0 Å². The minimum absolute atomic E-state index is 0.0614. The third kappa shape index (κ3) is 2.33. The number of nitrogens with one attached hydrogen (secondary N) is 1. The maximum absolute atomic E-state index is 13.2. The van der Waals surface area contributed by atoms with Gasteiger partial charge in [-0.2, -0.15) is 13.2 Å². The molecule has 0 spiro atoms. The van der Waals surface area contributed by atoms with Crippen LogP contribution in [0.2, 0.25) is 0 Å². The first kappa shape index (κ1) is 12.9. The van der Waals surface area contributed by atoms with E-state index >= 15 is 0 Å². The third-order valence-electron chi connectivity index (χ3n) is 2.75. The lowest BCUT2D eigenvalue weighted by atomic mass is 10.1. The van der Waals surface area contributed by atoms with E-state index in [1.54, 1.807) is 0 Å². The second-order valence-corrected chi connectivity index (χ2v) is 4.01. The molecule has 0 amide bonds. The van der Waals surface area contributed by atoms with Gasteiger partial charge in [-0.05, 0) is 30.5 Å². The van der Waals surface area contributed by atoms with Gasteiger partial charge in [-0.25, -0.2) is 4.39 Å². The molecule has 0 saturated carbocycles. The van der Waals surface area contributed by atoms with Crippen LogP contribution in [0.3, 0.4) is 0 Å². The van der Waals surface area contributed by atoms with Crippen LogP contribution in [0.25, 0.3) is 10.9 Å². The Morgan fingerprint density at radius 2 is 1.94 bits per heavy atom. The smallest absolute Gasteiger partial charge is 0.396 e. The third-order valence-corrected chi connectivity index (χ3v) is 2.75. The first-order chi connectivity index (χ1) is 8.43. The number of hydrogen-bond donors (Lipinski definition) is 2. The first-order valence-corrected chi connectivity index (χ1v) is 5.41. The van der Waals surface area contributed by atoms with Crippen LogP contribution in [-0.2, 0) is 12.6 Å². The minimum atomic E-state index is -4.60. The van der Waals surface area contributed by atoms with E-state index in [1.807, 2.05) is 0 Å². The van der Waals surface area contributed by atoms with Crippen molar-refractivity contribution in [3.8, 4) is 0 Å². The lowest BCUT2D eigenvalue weighted by molar-refractivity contribution is -0.136. The zero-order valence-corrected chi connectivity index (χ0v) is 9.31. The van der Waals surface area contributed by atoms with Gasteiger partial charge >= 0.3 is 6.18 Å². The molecule has 0 fully saturated rings. The number of aromatic amines is 1. The summed E-state index contributed by atoms with van der Waals surface area (Å²) in [5.74, 6) is -0.917. The molecule has 18 heavy (non-hydrogen) atoms. The highest BCUT2D eigenvalue weighted by Crippen LogP contribution is 2.36. The van der Waals surface area contributed by atoms with Crippen molar-refractivity contribution in [1.82, 2.24) is 4.98 Å². The van der Waals surface area contributed by atoms with Gasteiger partial charge in [-0.1, -0.05) is 0 Å². The Kier molecular flexibility index (Phi) is 3.30. The molecule has 0 saturated heterocycles. The summed E-state index contributed by atoms with van der Waals surface area (Å²) in [5.41, 5.74) is -0.548. The first-order valence-electron chi connectivity index (χ1n) is 5.41. The Morgan fingerprint density at radius 3 is 2.56 bits per heavy atom. The summed E-state index contributed by atoms with van der Waals surface area (Å²) in [6, 6.07) is 1.56. The highest BCUT2D eigenvalue weighted by atomic mass is 19.4. The molecule has 6 heteroatoms. The van der Waals surface area contributed by atoms with Gasteiger partial charge in [-0.15, -0.1) is 0 Å². The standard InChI is InChI=1S/C12H11F4NO/c13-8-4-9-7(2-1-3-18)6-17-11(9)10(5-8)12(14,15)16/h4-6,17-18H,1-3H2. The maximum Gasteiger partial charge on any atom is 0.418 e. The topological polar surface area (TPSA) is 36.0 Å². The number of aryl methyl sites for hydroxylation is 1. The second kappa shape index (κ2) is 4.61. The predicted molar refractivity (Wildman–Crippen MR) is 58.7 cm³/mol. The molecule has 2 aromatic rings. The fourth-order valence-corrected chi connectivity index (χ4v) is 1.95. The molecule has 0 aliphatic rings. The van der Waals surface area contributed by atoms with Crippen molar-refractivity contribution in [2.24, 2.45) is 0 Å². The molecule has 1 aromatic heterocycles. The number of halogens is 4. The number of hydrogen-bond acceptors (Lipinski definition) is 1. The Hall–Kier alpha value is -1.56. The van der Waals surface area contributed by atoms with Crippen LogP contribution in [0.4, 0.5) is 17.6 Å². The SMILES string of the molecule is OCCCc1c[nH]c2c(C(F)(F)F)cc(F)cc12. The number of aromatic nitrogens is 1. The van der Waals surface area contributed by atoms with Crippen LogP contribution in [0.1, 0.15) is 17.5 Å². The summed E-state index contributed by atoms with van der Waals surface area (Å²) in [6.45, 7) is -0.0614. The number of rotatable bonds is 3. The van der Waals surface area contributed by atoms with Crippen molar-refractivity contribution >= 4 is 10.9 Å². The van der Waals surface area contributed by atoms with Crippen molar-refractivity contribution in [3.05, 3.63) is 35.3 Å². The number of aliphatic hydroxyl groups excluding tert-OH is 1. The molecular formula is C12H11F4NO. The Bertz CT molecular complexity index is 559. The van der Waals surface area contributed by atoms with Crippen molar-refractivity contribution in [3.63, 3.8) is 0 Å². The molecule has 2 rings (SSSR count). The number of fused-ring (bicyclic) bond motifs is 1. The van der Waals surface area contributed by atoms with Crippen molar-refractivity contribution in [1.29, 1.82) is 0 Å². The summed E-state index contributed by atoms with van der Waals surface area (Å²) in [5, 5.41) is 8.93. The Balaban J connectivity index is 2.58. The number of H-pyrrole nitrogens is 1. The molecule has 2 nitrogen and oxygen atoms in total. The van der Waals surface area contributed by atoms with Crippen LogP contribution in [-0.4, -0.2) is 16.7 Å². The van der Waals surface area contributed by atoms with E-state index in [1.165, 1.54) is 6.20 Å². The van der Waals surface area contributed by atoms with E-state index in [-0.39, 0.29) is 17.5 Å². The lowest BCUT2D eigenvalue weighted by Gasteiger charge is -2.08. The largest absolute Gasteiger partial charge is 0.418 e.